The van der Waals surface area contributed by atoms with Crippen LogP contribution < -0.4 is 0 Å². The Bertz CT molecular complexity index is 396. The summed E-state index contributed by atoms with van der Waals surface area (Å²) >= 11 is 0. The molecule has 1 saturated heterocycles. The molecule has 0 aliphatic carbocycles. The zero-order valence-electron chi connectivity index (χ0n) is 11.0. The molecule has 17 heavy (non-hydrogen) atoms. The van der Waals surface area contributed by atoms with E-state index in [0.717, 1.165) is 6.54 Å². The normalized spacial score (nSPS) is 29.5. The number of aromatic nitrogens is 2. The number of nitrogens with zero attached hydrogens (tertiary/aromatic N) is 3. The first-order valence-electron chi connectivity index (χ1n) is 7.10. The van der Waals surface area contributed by atoms with Crippen LogP contribution in [0.15, 0.2) is 6.20 Å². The summed E-state index contributed by atoms with van der Waals surface area (Å²) in [6, 6.07) is 0.582. The van der Waals surface area contributed by atoms with Crippen LogP contribution in [0.2, 0.25) is 0 Å². The number of likely N-dealkylation sites (tertiary alicyclic amines) is 1. The highest BCUT2D eigenvalue weighted by molar-refractivity contribution is 5.15. The second-order valence-corrected chi connectivity index (χ2v) is 5.52. The summed E-state index contributed by atoms with van der Waals surface area (Å²) in [6.07, 6.45) is 7.39. The standard InChI is InChI=1S/C14H23N3/c1-3-16-8-5-7-12(16)14-15-10-13-11(2)6-4-9-17(13)14/h10-12H,3-9H2,1-2H3. The van der Waals surface area contributed by atoms with E-state index in [4.69, 9.17) is 4.98 Å². The fourth-order valence-corrected chi connectivity index (χ4v) is 3.51. The van der Waals surface area contributed by atoms with Crippen LogP contribution in [0.3, 0.4) is 0 Å². The van der Waals surface area contributed by atoms with Crippen molar-refractivity contribution in [3.63, 3.8) is 0 Å². The lowest BCUT2D eigenvalue weighted by Gasteiger charge is -2.27. The van der Waals surface area contributed by atoms with Crippen molar-refractivity contribution in [3.05, 3.63) is 17.7 Å². The van der Waals surface area contributed by atoms with Crippen LogP contribution in [0.5, 0.6) is 0 Å². The van der Waals surface area contributed by atoms with Crippen LogP contribution in [0, 0.1) is 0 Å². The Morgan fingerprint density at radius 3 is 2.94 bits per heavy atom. The molecule has 3 heteroatoms. The SMILES string of the molecule is CCN1CCCC1c1ncc2n1CCCC2C. The van der Waals surface area contributed by atoms with E-state index in [9.17, 15) is 0 Å². The van der Waals surface area contributed by atoms with Crippen LogP contribution >= 0.6 is 0 Å². The molecule has 3 nitrogen and oxygen atoms in total. The molecule has 2 unspecified atom stereocenters. The summed E-state index contributed by atoms with van der Waals surface area (Å²) in [5.41, 5.74) is 1.47. The van der Waals surface area contributed by atoms with Gasteiger partial charge < -0.3 is 4.57 Å². The van der Waals surface area contributed by atoms with Crippen LogP contribution in [-0.2, 0) is 6.54 Å². The average Bonchev–Trinajstić information content (AvgIpc) is 2.94. The number of rotatable bonds is 2. The number of hydrogen-bond acceptors (Lipinski definition) is 2. The minimum absolute atomic E-state index is 0.582. The second-order valence-electron chi connectivity index (χ2n) is 5.52. The molecule has 0 aromatic carbocycles. The molecule has 1 fully saturated rings. The Balaban J connectivity index is 1.93. The molecule has 3 rings (SSSR count). The molecule has 1 aromatic heterocycles. The first-order valence-corrected chi connectivity index (χ1v) is 7.10. The van der Waals surface area contributed by atoms with Crippen molar-refractivity contribution in [2.45, 2.75) is 58.0 Å². The van der Waals surface area contributed by atoms with Gasteiger partial charge in [-0.25, -0.2) is 4.98 Å². The van der Waals surface area contributed by atoms with E-state index in [0.29, 0.717) is 12.0 Å². The van der Waals surface area contributed by atoms with E-state index in [1.165, 1.54) is 50.3 Å². The van der Waals surface area contributed by atoms with Gasteiger partial charge in [0.05, 0.1) is 6.04 Å². The first kappa shape index (κ1) is 11.3. The quantitative estimate of drug-likeness (QED) is 0.783. The summed E-state index contributed by atoms with van der Waals surface area (Å²) in [7, 11) is 0. The smallest absolute Gasteiger partial charge is 0.126 e. The van der Waals surface area contributed by atoms with E-state index >= 15 is 0 Å². The van der Waals surface area contributed by atoms with Gasteiger partial charge in [0.25, 0.3) is 0 Å². The number of fused-ring (bicyclic) bond motifs is 1. The second kappa shape index (κ2) is 4.45. The monoisotopic (exact) mass is 233 g/mol. The molecule has 0 spiro atoms. The van der Waals surface area contributed by atoms with Gasteiger partial charge in [-0.1, -0.05) is 13.8 Å². The molecule has 0 amide bonds. The maximum atomic E-state index is 4.75. The molecule has 0 radical (unpaired) electrons. The molecule has 2 aliphatic heterocycles. The number of imidazole rings is 1. The van der Waals surface area contributed by atoms with Crippen molar-refractivity contribution in [2.24, 2.45) is 0 Å². The first-order chi connectivity index (χ1) is 8.31. The Labute approximate surface area is 104 Å². The Kier molecular flexibility index (Phi) is 2.95. The van der Waals surface area contributed by atoms with Crippen molar-refractivity contribution < 1.29 is 0 Å². The van der Waals surface area contributed by atoms with Crippen molar-refractivity contribution in [1.29, 1.82) is 0 Å². The lowest BCUT2D eigenvalue weighted by Crippen LogP contribution is -2.26. The molecular formula is C14H23N3. The Morgan fingerprint density at radius 1 is 1.29 bits per heavy atom. The van der Waals surface area contributed by atoms with Crippen molar-refractivity contribution >= 4 is 0 Å². The molecule has 3 heterocycles. The third kappa shape index (κ3) is 1.81. The van der Waals surface area contributed by atoms with E-state index in [1.54, 1.807) is 0 Å². The van der Waals surface area contributed by atoms with Gasteiger partial charge in [0.1, 0.15) is 5.82 Å². The fourth-order valence-electron chi connectivity index (χ4n) is 3.51. The Hall–Kier alpha value is -0.830. The zero-order chi connectivity index (χ0) is 11.8. The summed E-state index contributed by atoms with van der Waals surface area (Å²) < 4.78 is 2.51. The molecule has 94 valence electrons. The maximum Gasteiger partial charge on any atom is 0.126 e. The van der Waals surface area contributed by atoms with Crippen LogP contribution in [0.25, 0.3) is 0 Å². The summed E-state index contributed by atoms with van der Waals surface area (Å²) in [6.45, 7) is 8.19. The molecule has 2 atom stereocenters. The van der Waals surface area contributed by atoms with Gasteiger partial charge >= 0.3 is 0 Å². The molecule has 1 aromatic rings. The van der Waals surface area contributed by atoms with Gasteiger partial charge in [-0.15, -0.1) is 0 Å². The van der Waals surface area contributed by atoms with Gasteiger partial charge in [-0.3, -0.25) is 4.90 Å². The minimum atomic E-state index is 0.582. The van der Waals surface area contributed by atoms with Gasteiger partial charge in [-0.2, -0.15) is 0 Å². The minimum Gasteiger partial charge on any atom is -0.330 e. The highest BCUT2D eigenvalue weighted by Crippen LogP contribution is 2.35. The highest BCUT2D eigenvalue weighted by atomic mass is 15.2. The van der Waals surface area contributed by atoms with Gasteiger partial charge in [0.2, 0.25) is 0 Å². The highest BCUT2D eigenvalue weighted by Gasteiger charge is 2.30. The third-order valence-corrected chi connectivity index (χ3v) is 4.51. The van der Waals surface area contributed by atoms with Gasteiger partial charge in [0.15, 0.2) is 0 Å². The summed E-state index contributed by atoms with van der Waals surface area (Å²) in [5.74, 6) is 2.03. The average molecular weight is 233 g/mol. The van der Waals surface area contributed by atoms with E-state index in [1.807, 2.05) is 0 Å². The van der Waals surface area contributed by atoms with E-state index < -0.39 is 0 Å². The Morgan fingerprint density at radius 2 is 2.12 bits per heavy atom. The maximum absolute atomic E-state index is 4.75. The van der Waals surface area contributed by atoms with Gasteiger partial charge in [-0.05, 0) is 44.7 Å². The van der Waals surface area contributed by atoms with Crippen molar-refractivity contribution in [2.75, 3.05) is 13.1 Å². The van der Waals surface area contributed by atoms with E-state index in [2.05, 4.69) is 29.5 Å². The summed E-state index contributed by atoms with van der Waals surface area (Å²) in [5, 5.41) is 0. The van der Waals surface area contributed by atoms with E-state index in [-0.39, 0.29) is 0 Å². The topological polar surface area (TPSA) is 21.1 Å². The molecular weight excluding hydrogens is 210 g/mol. The zero-order valence-corrected chi connectivity index (χ0v) is 11.0. The largest absolute Gasteiger partial charge is 0.330 e. The van der Waals surface area contributed by atoms with Crippen LogP contribution in [0.1, 0.15) is 63.0 Å². The fraction of sp³-hybridized carbons (Fsp3) is 0.786. The molecule has 2 aliphatic rings. The molecule has 0 N–H and O–H groups in total. The van der Waals surface area contributed by atoms with Crippen LogP contribution in [-0.4, -0.2) is 27.5 Å². The van der Waals surface area contributed by atoms with Crippen LogP contribution in [0.4, 0.5) is 0 Å². The van der Waals surface area contributed by atoms with Crippen molar-refractivity contribution in [1.82, 2.24) is 14.5 Å². The number of hydrogen-bond donors (Lipinski definition) is 0. The predicted molar refractivity (Wildman–Crippen MR) is 69.1 cm³/mol. The summed E-state index contributed by atoms with van der Waals surface area (Å²) in [4.78, 5) is 7.33. The molecule has 0 bridgehead atoms. The van der Waals surface area contributed by atoms with Gasteiger partial charge in [0, 0.05) is 18.4 Å². The molecule has 0 saturated carbocycles. The third-order valence-electron chi connectivity index (χ3n) is 4.51. The lowest BCUT2D eigenvalue weighted by molar-refractivity contribution is 0.253. The lowest BCUT2D eigenvalue weighted by atomic mass is 9.98. The van der Waals surface area contributed by atoms with Crippen molar-refractivity contribution in [3.8, 4) is 0 Å². The predicted octanol–water partition coefficient (Wildman–Crippen LogP) is 2.94.